The van der Waals surface area contributed by atoms with Crippen LogP contribution in [0.4, 0.5) is 17.6 Å². The largest absolute Gasteiger partial charge is 0.378 e. The van der Waals surface area contributed by atoms with E-state index < -0.39 is 0 Å². The van der Waals surface area contributed by atoms with Gasteiger partial charge in [-0.15, -0.1) is 0 Å². The first-order chi connectivity index (χ1) is 12.7. The van der Waals surface area contributed by atoms with Crippen molar-refractivity contribution in [3.8, 4) is 0 Å². The second kappa shape index (κ2) is 7.43. The van der Waals surface area contributed by atoms with Crippen molar-refractivity contribution in [3.05, 3.63) is 41.5 Å². The number of aromatic nitrogens is 2. The summed E-state index contributed by atoms with van der Waals surface area (Å²) in [6, 6.07) is 10.6. The SMILES string of the molecule is CNC(=S)Nc1nc(N2CCOCC2)cc(N2Cc3ccccc3C2)n1. The van der Waals surface area contributed by atoms with Crippen LogP contribution in [-0.4, -0.2) is 48.4 Å². The molecule has 0 radical (unpaired) electrons. The van der Waals surface area contributed by atoms with Crippen LogP contribution in [0.5, 0.6) is 0 Å². The summed E-state index contributed by atoms with van der Waals surface area (Å²) < 4.78 is 5.46. The van der Waals surface area contributed by atoms with E-state index in [0.717, 1.165) is 37.8 Å². The van der Waals surface area contributed by atoms with Crippen LogP contribution in [0.2, 0.25) is 0 Å². The van der Waals surface area contributed by atoms with E-state index in [4.69, 9.17) is 21.9 Å². The van der Waals surface area contributed by atoms with E-state index in [0.29, 0.717) is 24.3 Å². The molecule has 0 bridgehead atoms. The topological polar surface area (TPSA) is 65.6 Å². The standard InChI is InChI=1S/C18H22N6OS/c1-19-18(26)22-17-20-15(23-6-8-25-9-7-23)10-16(21-17)24-11-13-4-2-3-5-14(13)12-24/h2-5,10H,6-9,11-12H2,1H3,(H2,19,20,21,22,26). The zero-order valence-corrected chi connectivity index (χ0v) is 15.6. The van der Waals surface area contributed by atoms with Crippen molar-refractivity contribution in [3.63, 3.8) is 0 Å². The minimum absolute atomic E-state index is 0.500. The van der Waals surface area contributed by atoms with E-state index >= 15 is 0 Å². The van der Waals surface area contributed by atoms with Crippen molar-refractivity contribution >= 4 is 34.9 Å². The lowest BCUT2D eigenvalue weighted by Gasteiger charge is -2.29. The first-order valence-electron chi connectivity index (χ1n) is 8.75. The summed E-state index contributed by atoms with van der Waals surface area (Å²) in [4.78, 5) is 13.9. The number of fused-ring (bicyclic) bond motifs is 1. The molecule has 3 heterocycles. The maximum Gasteiger partial charge on any atom is 0.232 e. The van der Waals surface area contributed by atoms with E-state index in [9.17, 15) is 0 Å². The van der Waals surface area contributed by atoms with Crippen LogP contribution in [0.25, 0.3) is 0 Å². The van der Waals surface area contributed by atoms with E-state index in [-0.39, 0.29) is 0 Å². The van der Waals surface area contributed by atoms with Gasteiger partial charge in [-0.1, -0.05) is 24.3 Å². The average Bonchev–Trinajstić information content (AvgIpc) is 3.12. The molecule has 0 amide bonds. The van der Waals surface area contributed by atoms with Crippen molar-refractivity contribution < 1.29 is 4.74 Å². The Hall–Kier alpha value is -2.45. The highest BCUT2D eigenvalue weighted by atomic mass is 32.1. The summed E-state index contributed by atoms with van der Waals surface area (Å²) in [5.41, 5.74) is 2.69. The second-order valence-electron chi connectivity index (χ2n) is 6.34. The van der Waals surface area contributed by atoms with Crippen molar-refractivity contribution in [1.29, 1.82) is 0 Å². The first-order valence-corrected chi connectivity index (χ1v) is 9.16. The molecular formula is C18H22N6OS. The first kappa shape index (κ1) is 17.0. The van der Waals surface area contributed by atoms with Gasteiger partial charge >= 0.3 is 0 Å². The molecule has 0 spiro atoms. The van der Waals surface area contributed by atoms with Gasteiger partial charge in [-0.2, -0.15) is 9.97 Å². The van der Waals surface area contributed by atoms with Gasteiger partial charge in [0.15, 0.2) is 5.11 Å². The molecule has 1 fully saturated rings. The summed E-state index contributed by atoms with van der Waals surface area (Å²) in [7, 11) is 1.78. The third kappa shape index (κ3) is 3.56. The molecule has 1 aromatic carbocycles. The van der Waals surface area contributed by atoms with Crippen LogP contribution in [0, 0.1) is 0 Å². The molecule has 2 N–H and O–H groups in total. The molecule has 4 rings (SSSR count). The number of anilines is 3. The number of hydrogen-bond donors (Lipinski definition) is 2. The molecule has 8 heteroatoms. The average molecular weight is 370 g/mol. The van der Waals surface area contributed by atoms with Gasteiger partial charge in [0.25, 0.3) is 0 Å². The van der Waals surface area contributed by atoms with Gasteiger partial charge in [0.05, 0.1) is 13.2 Å². The highest BCUT2D eigenvalue weighted by Gasteiger charge is 2.22. The lowest BCUT2D eigenvalue weighted by Crippen LogP contribution is -2.37. The Bertz CT molecular complexity index is 783. The number of morpholine rings is 1. The third-order valence-corrected chi connectivity index (χ3v) is 4.96. The van der Waals surface area contributed by atoms with Gasteiger partial charge in [0.2, 0.25) is 5.95 Å². The molecule has 2 aliphatic rings. The zero-order valence-electron chi connectivity index (χ0n) is 14.7. The fraction of sp³-hybridized carbons (Fsp3) is 0.389. The van der Waals surface area contributed by atoms with Crippen LogP contribution < -0.4 is 20.4 Å². The van der Waals surface area contributed by atoms with Gasteiger partial charge in [-0.3, -0.25) is 0 Å². The Morgan fingerprint density at radius 1 is 1.04 bits per heavy atom. The molecule has 1 saturated heterocycles. The Kier molecular flexibility index (Phi) is 4.85. The Morgan fingerprint density at radius 2 is 1.65 bits per heavy atom. The van der Waals surface area contributed by atoms with Crippen LogP contribution >= 0.6 is 12.2 Å². The second-order valence-corrected chi connectivity index (χ2v) is 6.74. The van der Waals surface area contributed by atoms with Gasteiger partial charge in [-0.05, 0) is 23.3 Å². The van der Waals surface area contributed by atoms with Gasteiger partial charge in [0.1, 0.15) is 11.6 Å². The highest BCUT2D eigenvalue weighted by Crippen LogP contribution is 2.29. The monoisotopic (exact) mass is 370 g/mol. The summed E-state index contributed by atoms with van der Waals surface area (Å²) >= 11 is 5.22. The van der Waals surface area contributed by atoms with Crippen LogP contribution in [0.1, 0.15) is 11.1 Å². The van der Waals surface area contributed by atoms with Crippen molar-refractivity contribution in [2.45, 2.75) is 13.1 Å². The maximum atomic E-state index is 5.46. The predicted octanol–water partition coefficient (Wildman–Crippen LogP) is 1.75. The number of benzene rings is 1. The molecule has 7 nitrogen and oxygen atoms in total. The normalized spacial score (nSPS) is 16.3. The minimum atomic E-state index is 0.500. The number of thiocarbonyl (C=S) groups is 1. The van der Waals surface area contributed by atoms with Crippen molar-refractivity contribution in [1.82, 2.24) is 15.3 Å². The van der Waals surface area contributed by atoms with E-state index in [2.05, 4.69) is 55.7 Å². The predicted molar refractivity (Wildman–Crippen MR) is 107 cm³/mol. The van der Waals surface area contributed by atoms with Crippen LogP contribution in [-0.2, 0) is 17.8 Å². The number of rotatable bonds is 3. The number of ether oxygens (including phenoxy) is 1. The molecule has 0 aliphatic carbocycles. The van der Waals surface area contributed by atoms with E-state index in [1.54, 1.807) is 7.05 Å². The maximum absolute atomic E-state index is 5.46. The van der Waals surface area contributed by atoms with Gasteiger partial charge in [0, 0.05) is 39.3 Å². The Labute approximate surface area is 158 Å². The molecule has 1 aromatic heterocycles. The molecule has 0 atom stereocenters. The van der Waals surface area contributed by atoms with E-state index in [1.165, 1.54) is 11.1 Å². The summed E-state index contributed by atoms with van der Waals surface area (Å²) in [6.07, 6.45) is 0. The van der Waals surface area contributed by atoms with Crippen molar-refractivity contribution in [2.24, 2.45) is 0 Å². The molecule has 26 heavy (non-hydrogen) atoms. The number of hydrogen-bond acceptors (Lipinski definition) is 6. The Morgan fingerprint density at radius 3 is 2.27 bits per heavy atom. The molecular weight excluding hydrogens is 348 g/mol. The highest BCUT2D eigenvalue weighted by molar-refractivity contribution is 7.80. The fourth-order valence-corrected chi connectivity index (χ4v) is 3.34. The molecule has 0 unspecified atom stereocenters. The van der Waals surface area contributed by atoms with Crippen LogP contribution in [0.3, 0.4) is 0 Å². The summed E-state index contributed by atoms with van der Waals surface area (Å²) in [5.74, 6) is 2.31. The molecule has 2 aliphatic heterocycles. The lowest BCUT2D eigenvalue weighted by atomic mass is 10.1. The smallest absolute Gasteiger partial charge is 0.232 e. The lowest BCUT2D eigenvalue weighted by molar-refractivity contribution is 0.122. The third-order valence-electron chi connectivity index (χ3n) is 4.65. The quantitative estimate of drug-likeness (QED) is 0.793. The zero-order chi connectivity index (χ0) is 17.9. The summed E-state index contributed by atoms with van der Waals surface area (Å²) in [5, 5.41) is 6.48. The minimum Gasteiger partial charge on any atom is -0.378 e. The molecule has 136 valence electrons. The summed E-state index contributed by atoms with van der Waals surface area (Å²) in [6.45, 7) is 4.79. The Balaban J connectivity index is 1.64. The fourth-order valence-electron chi connectivity index (χ4n) is 3.25. The van der Waals surface area contributed by atoms with Crippen molar-refractivity contribution in [2.75, 3.05) is 48.5 Å². The number of nitrogens with one attached hydrogen (secondary N) is 2. The molecule has 0 saturated carbocycles. The van der Waals surface area contributed by atoms with E-state index in [1.807, 2.05) is 0 Å². The van der Waals surface area contributed by atoms with Gasteiger partial charge < -0.3 is 25.2 Å². The van der Waals surface area contributed by atoms with Crippen LogP contribution in [0.15, 0.2) is 30.3 Å². The number of nitrogens with zero attached hydrogens (tertiary/aromatic N) is 4. The van der Waals surface area contributed by atoms with Gasteiger partial charge in [-0.25, -0.2) is 0 Å². The molecule has 2 aromatic rings.